The summed E-state index contributed by atoms with van der Waals surface area (Å²) in [5.74, 6) is 0.860. The minimum absolute atomic E-state index is 0.169. The van der Waals surface area contributed by atoms with Gasteiger partial charge in [0.05, 0.1) is 12.8 Å². The number of nitrogens with one attached hydrogen (secondary N) is 1. The second-order valence-electron chi connectivity index (χ2n) is 5.93. The maximum atomic E-state index is 13.0. The van der Waals surface area contributed by atoms with E-state index in [0.717, 1.165) is 11.4 Å². The molecule has 3 rings (SSSR count). The molecule has 1 N–H and O–H groups in total. The van der Waals surface area contributed by atoms with Crippen LogP contribution in [0.25, 0.3) is 0 Å². The van der Waals surface area contributed by atoms with Gasteiger partial charge in [0.25, 0.3) is 5.91 Å². The van der Waals surface area contributed by atoms with Gasteiger partial charge in [-0.05, 0) is 44.2 Å². The SMILES string of the molecule is CCN(C(=O)c1cc(C)nc(Nc2ccccc2OC)n1)c1ccccc1. The van der Waals surface area contributed by atoms with Crippen molar-refractivity contribution < 1.29 is 9.53 Å². The van der Waals surface area contributed by atoms with Crippen LogP contribution in [0.5, 0.6) is 5.75 Å². The molecule has 138 valence electrons. The number of hydrogen-bond acceptors (Lipinski definition) is 5. The zero-order chi connectivity index (χ0) is 19.2. The van der Waals surface area contributed by atoms with Crippen molar-refractivity contribution in [3.05, 3.63) is 72.1 Å². The summed E-state index contributed by atoms with van der Waals surface area (Å²) in [6, 6.07) is 18.7. The van der Waals surface area contributed by atoms with Crippen molar-refractivity contribution in [2.75, 3.05) is 23.9 Å². The largest absolute Gasteiger partial charge is 0.495 e. The number of benzene rings is 2. The maximum Gasteiger partial charge on any atom is 0.277 e. The lowest BCUT2D eigenvalue weighted by molar-refractivity contribution is 0.0983. The smallest absolute Gasteiger partial charge is 0.277 e. The van der Waals surface area contributed by atoms with E-state index in [4.69, 9.17) is 4.74 Å². The highest BCUT2D eigenvalue weighted by atomic mass is 16.5. The zero-order valence-electron chi connectivity index (χ0n) is 15.6. The van der Waals surface area contributed by atoms with Gasteiger partial charge in [-0.2, -0.15) is 0 Å². The summed E-state index contributed by atoms with van der Waals surface area (Å²) in [7, 11) is 1.60. The molecule has 0 radical (unpaired) electrons. The van der Waals surface area contributed by atoms with Crippen molar-refractivity contribution in [3.63, 3.8) is 0 Å². The third kappa shape index (κ3) is 4.23. The van der Waals surface area contributed by atoms with Gasteiger partial charge >= 0.3 is 0 Å². The van der Waals surface area contributed by atoms with Gasteiger partial charge < -0.3 is 15.0 Å². The number of methoxy groups -OCH3 is 1. The molecular formula is C21H22N4O2. The van der Waals surface area contributed by atoms with Crippen molar-refractivity contribution in [3.8, 4) is 5.75 Å². The highest BCUT2D eigenvalue weighted by molar-refractivity contribution is 6.05. The molecule has 2 aromatic carbocycles. The van der Waals surface area contributed by atoms with Gasteiger partial charge in [-0.1, -0.05) is 30.3 Å². The number of carbonyl (C=O) groups is 1. The highest BCUT2D eigenvalue weighted by Gasteiger charge is 2.19. The zero-order valence-corrected chi connectivity index (χ0v) is 15.6. The Hall–Kier alpha value is -3.41. The average molecular weight is 362 g/mol. The molecule has 3 aromatic rings. The molecule has 6 nitrogen and oxygen atoms in total. The standard InChI is InChI=1S/C21H22N4O2/c1-4-25(16-10-6-5-7-11-16)20(26)18-14-15(2)22-21(24-18)23-17-12-8-9-13-19(17)27-3/h5-14H,4H2,1-3H3,(H,22,23,24). The van der Waals surface area contributed by atoms with Crippen LogP contribution >= 0.6 is 0 Å². The fraction of sp³-hybridized carbons (Fsp3) is 0.190. The summed E-state index contributed by atoms with van der Waals surface area (Å²) >= 11 is 0. The molecule has 0 aliphatic carbocycles. The third-order valence-electron chi connectivity index (χ3n) is 4.06. The maximum absolute atomic E-state index is 13.0. The lowest BCUT2D eigenvalue weighted by atomic mass is 10.2. The Balaban J connectivity index is 1.92. The molecule has 0 saturated carbocycles. The summed E-state index contributed by atoms with van der Waals surface area (Å²) in [5.41, 5.74) is 2.61. The van der Waals surface area contributed by atoms with Crippen molar-refractivity contribution in [1.82, 2.24) is 9.97 Å². The first kappa shape index (κ1) is 18.4. The Kier molecular flexibility index (Phi) is 5.66. The van der Waals surface area contributed by atoms with Crippen LogP contribution in [0.3, 0.4) is 0 Å². The topological polar surface area (TPSA) is 67.4 Å². The molecule has 1 heterocycles. The molecule has 0 aliphatic heterocycles. The van der Waals surface area contributed by atoms with Crippen LogP contribution in [0.2, 0.25) is 0 Å². The second-order valence-corrected chi connectivity index (χ2v) is 5.93. The Labute approximate surface area is 158 Å². The van der Waals surface area contributed by atoms with Gasteiger partial charge in [-0.3, -0.25) is 4.79 Å². The van der Waals surface area contributed by atoms with Gasteiger partial charge in [0, 0.05) is 17.9 Å². The monoisotopic (exact) mass is 362 g/mol. The van der Waals surface area contributed by atoms with Gasteiger partial charge in [-0.15, -0.1) is 0 Å². The molecule has 0 atom stereocenters. The van der Waals surface area contributed by atoms with E-state index >= 15 is 0 Å². The first-order valence-corrected chi connectivity index (χ1v) is 8.75. The molecule has 1 amide bonds. The first-order chi connectivity index (χ1) is 13.1. The van der Waals surface area contributed by atoms with Crippen molar-refractivity contribution in [2.45, 2.75) is 13.8 Å². The van der Waals surface area contributed by atoms with E-state index in [1.165, 1.54) is 0 Å². The van der Waals surface area contributed by atoms with Crippen molar-refractivity contribution in [2.24, 2.45) is 0 Å². The van der Waals surface area contributed by atoms with Crippen LogP contribution in [0.4, 0.5) is 17.3 Å². The summed E-state index contributed by atoms with van der Waals surface area (Å²) < 4.78 is 5.35. The number of aromatic nitrogens is 2. The molecule has 0 aliphatic rings. The number of carbonyl (C=O) groups excluding carboxylic acids is 1. The summed E-state index contributed by atoms with van der Waals surface area (Å²) in [5, 5.41) is 3.14. The number of aryl methyl sites for hydroxylation is 1. The Morgan fingerprint density at radius 2 is 1.78 bits per heavy atom. The quantitative estimate of drug-likeness (QED) is 0.712. The van der Waals surface area contributed by atoms with Crippen LogP contribution in [0.1, 0.15) is 23.1 Å². The normalized spacial score (nSPS) is 10.3. The van der Waals surface area contributed by atoms with Crippen molar-refractivity contribution in [1.29, 1.82) is 0 Å². The number of rotatable bonds is 6. The first-order valence-electron chi connectivity index (χ1n) is 8.75. The molecule has 0 saturated heterocycles. The fourth-order valence-corrected chi connectivity index (χ4v) is 2.79. The number of ether oxygens (including phenoxy) is 1. The van der Waals surface area contributed by atoms with Gasteiger partial charge in [0.2, 0.25) is 5.95 Å². The predicted molar refractivity (Wildman–Crippen MR) is 107 cm³/mol. The van der Waals surface area contributed by atoms with Gasteiger partial charge in [-0.25, -0.2) is 9.97 Å². The molecule has 0 unspecified atom stereocenters. The molecular weight excluding hydrogens is 340 g/mol. The molecule has 0 spiro atoms. The second kappa shape index (κ2) is 8.31. The fourth-order valence-electron chi connectivity index (χ4n) is 2.79. The van der Waals surface area contributed by atoms with E-state index < -0.39 is 0 Å². The summed E-state index contributed by atoms with van der Waals surface area (Å²) in [4.78, 5) is 23.6. The van der Waals surface area contributed by atoms with Crippen molar-refractivity contribution >= 4 is 23.2 Å². The van der Waals surface area contributed by atoms with Crippen LogP contribution in [-0.4, -0.2) is 29.5 Å². The third-order valence-corrected chi connectivity index (χ3v) is 4.06. The van der Waals surface area contributed by atoms with E-state index in [1.54, 1.807) is 18.1 Å². The van der Waals surface area contributed by atoms with Crippen LogP contribution in [0, 0.1) is 6.92 Å². The molecule has 27 heavy (non-hydrogen) atoms. The lowest BCUT2D eigenvalue weighted by Crippen LogP contribution is -2.31. The molecule has 1 aromatic heterocycles. The van der Waals surface area contributed by atoms with Gasteiger partial charge in [0.15, 0.2) is 0 Å². The van der Waals surface area contributed by atoms with E-state index in [0.29, 0.717) is 29.6 Å². The summed E-state index contributed by atoms with van der Waals surface area (Å²) in [6.45, 7) is 4.32. The van der Waals surface area contributed by atoms with E-state index in [-0.39, 0.29) is 5.91 Å². The van der Waals surface area contributed by atoms with E-state index in [2.05, 4.69) is 15.3 Å². The van der Waals surface area contributed by atoms with E-state index in [9.17, 15) is 4.79 Å². The van der Waals surface area contributed by atoms with E-state index in [1.807, 2.05) is 68.4 Å². The summed E-state index contributed by atoms with van der Waals surface area (Å²) in [6.07, 6.45) is 0. The minimum atomic E-state index is -0.169. The number of nitrogens with zero attached hydrogens (tertiary/aromatic N) is 3. The molecule has 0 fully saturated rings. The Morgan fingerprint density at radius 1 is 1.07 bits per heavy atom. The number of amides is 1. The lowest BCUT2D eigenvalue weighted by Gasteiger charge is -2.21. The molecule has 0 bridgehead atoms. The highest BCUT2D eigenvalue weighted by Crippen LogP contribution is 2.26. The van der Waals surface area contributed by atoms with Gasteiger partial charge in [0.1, 0.15) is 11.4 Å². The average Bonchev–Trinajstić information content (AvgIpc) is 2.69. The predicted octanol–water partition coefficient (Wildman–Crippen LogP) is 4.20. The van der Waals surface area contributed by atoms with Crippen LogP contribution in [0.15, 0.2) is 60.7 Å². The van der Waals surface area contributed by atoms with Crippen LogP contribution < -0.4 is 15.0 Å². The number of hydrogen-bond donors (Lipinski definition) is 1. The van der Waals surface area contributed by atoms with Crippen LogP contribution in [-0.2, 0) is 0 Å². The number of anilines is 3. The number of para-hydroxylation sites is 3. The minimum Gasteiger partial charge on any atom is -0.495 e. The molecule has 6 heteroatoms. The Morgan fingerprint density at radius 3 is 2.48 bits per heavy atom. The Bertz CT molecular complexity index is 928.